The van der Waals surface area contributed by atoms with Crippen LogP contribution >= 0.6 is 12.2 Å². The largest absolute Gasteiger partial charge is 0.357 e. The molecule has 0 bridgehead atoms. The lowest BCUT2D eigenvalue weighted by Gasteiger charge is -2.27. The highest BCUT2D eigenvalue weighted by Crippen LogP contribution is 2.22. The molecule has 0 radical (unpaired) electrons. The quantitative estimate of drug-likeness (QED) is 0.651. The van der Waals surface area contributed by atoms with Crippen LogP contribution in [0.3, 0.4) is 0 Å². The lowest BCUT2D eigenvalue weighted by Crippen LogP contribution is -2.53. The van der Waals surface area contributed by atoms with Crippen LogP contribution in [0.15, 0.2) is 11.5 Å². The van der Waals surface area contributed by atoms with Crippen LogP contribution in [0.5, 0.6) is 0 Å². The number of hydrogen-bond acceptors (Lipinski definition) is 5. The molecule has 0 saturated carbocycles. The van der Waals surface area contributed by atoms with Crippen molar-refractivity contribution in [3.63, 3.8) is 0 Å². The second-order valence-corrected chi connectivity index (χ2v) is 9.79. The average molecular weight is 324 g/mol. The molecule has 1 saturated heterocycles. The molecular formula is C10H16N2O4S3. The molecule has 2 atom stereocenters. The molecule has 0 aromatic heterocycles. The molecule has 0 amide bonds. The molecule has 2 aliphatic heterocycles. The van der Waals surface area contributed by atoms with E-state index in [-0.39, 0.29) is 28.4 Å². The van der Waals surface area contributed by atoms with Crippen LogP contribution in [-0.2, 0) is 19.7 Å². The molecule has 0 aromatic carbocycles. The summed E-state index contributed by atoms with van der Waals surface area (Å²) in [7, 11) is -6.13. The fourth-order valence-corrected chi connectivity index (χ4v) is 5.98. The standard InChI is InChI=1S/C10H16N2O4S3/c1-10(3-5-19(15,16)7-10)12-9(17)11-8-2-4-18(13,14)6-8/h2,4,8H,3,5-7H2,1H3,(H2,11,12,17)/t8-,10-/m0/s1. The van der Waals surface area contributed by atoms with Crippen molar-refractivity contribution in [2.24, 2.45) is 0 Å². The van der Waals surface area contributed by atoms with E-state index in [1.54, 1.807) is 6.92 Å². The molecule has 6 nitrogen and oxygen atoms in total. The van der Waals surface area contributed by atoms with Crippen molar-refractivity contribution >= 4 is 37.0 Å². The summed E-state index contributed by atoms with van der Waals surface area (Å²) < 4.78 is 45.4. The van der Waals surface area contributed by atoms with E-state index in [1.165, 1.54) is 6.08 Å². The number of rotatable bonds is 2. The Kier molecular flexibility index (Phi) is 3.65. The van der Waals surface area contributed by atoms with Crippen molar-refractivity contribution in [3.05, 3.63) is 11.5 Å². The van der Waals surface area contributed by atoms with Gasteiger partial charge < -0.3 is 10.6 Å². The van der Waals surface area contributed by atoms with E-state index >= 15 is 0 Å². The molecule has 1 fully saturated rings. The minimum absolute atomic E-state index is 0.0240. The zero-order valence-electron chi connectivity index (χ0n) is 10.4. The molecular weight excluding hydrogens is 308 g/mol. The highest BCUT2D eigenvalue weighted by Gasteiger charge is 2.39. The van der Waals surface area contributed by atoms with Crippen LogP contribution in [0, 0.1) is 0 Å². The number of thiocarbonyl (C=S) groups is 1. The second-order valence-electron chi connectivity index (χ2n) is 5.27. The van der Waals surface area contributed by atoms with Gasteiger partial charge in [-0.2, -0.15) is 0 Å². The van der Waals surface area contributed by atoms with Crippen molar-refractivity contribution in [2.45, 2.75) is 24.9 Å². The van der Waals surface area contributed by atoms with Gasteiger partial charge >= 0.3 is 0 Å². The van der Waals surface area contributed by atoms with E-state index < -0.39 is 25.2 Å². The van der Waals surface area contributed by atoms with Gasteiger partial charge in [-0.15, -0.1) is 0 Å². The highest BCUT2D eigenvalue weighted by molar-refractivity contribution is 7.94. The topological polar surface area (TPSA) is 92.3 Å². The third-order valence-electron chi connectivity index (χ3n) is 3.17. The molecule has 0 aliphatic carbocycles. The predicted molar refractivity (Wildman–Crippen MR) is 77.3 cm³/mol. The zero-order valence-corrected chi connectivity index (χ0v) is 12.9. The molecule has 19 heavy (non-hydrogen) atoms. The monoisotopic (exact) mass is 324 g/mol. The highest BCUT2D eigenvalue weighted by atomic mass is 32.2. The van der Waals surface area contributed by atoms with Crippen molar-refractivity contribution < 1.29 is 16.8 Å². The first-order valence-electron chi connectivity index (χ1n) is 5.79. The molecule has 0 unspecified atom stereocenters. The third-order valence-corrected chi connectivity index (χ3v) is 6.68. The van der Waals surface area contributed by atoms with Gasteiger partial charge in [0.1, 0.15) is 0 Å². The fraction of sp³-hybridized carbons (Fsp3) is 0.700. The van der Waals surface area contributed by atoms with Crippen LogP contribution in [0.4, 0.5) is 0 Å². The van der Waals surface area contributed by atoms with Gasteiger partial charge in [-0.05, 0) is 31.6 Å². The van der Waals surface area contributed by atoms with Crippen molar-refractivity contribution in [1.29, 1.82) is 0 Å². The van der Waals surface area contributed by atoms with E-state index in [1.807, 2.05) is 0 Å². The molecule has 2 rings (SSSR count). The Balaban J connectivity index is 1.91. The number of hydrogen-bond donors (Lipinski definition) is 2. The van der Waals surface area contributed by atoms with E-state index in [2.05, 4.69) is 10.6 Å². The normalized spacial score (nSPS) is 35.1. The molecule has 0 aromatic rings. The summed E-state index contributed by atoms with van der Waals surface area (Å²) in [6.45, 7) is 1.80. The maximum atomic E-state index is 11.5. The molecule has 2 aliphatic rings. The van der Waals surface area contributed by atoms with Crippen LogP contribution in [0.25, 0.3) is 0 Å². The van der Waals surface area contributed by atoms with Gasteiger partial charge in [0.15, 0.2) is 24.8 Å². The van der Waals surface area contributed by atoms with Crippen LogP contribution in [-0.4, -0.2) is 50.8 Å². The Hall–Kier alpha value is -0.670. The van der Waals surface area contributed by atoms with Gasteiger partial charge in [0, 0.05) is 5.41 Å². The van der Waals surface area contributed by atoms with Crippen LogP contribution < -0.4 is 10.6 Å². The Morgan fingerprint density at radius 2 is 2.05 bits per heavy atom. The maximum Gasteiger partial charge on any atom is 0.173 e. The van der Waals surface area contributed by atoms with E-state index in [9.17, 15) is 16.8 Å². The van der Waals surface area contributed by atoms with E-state index in [4.69, 9.17) is 12.2 Å². The third kappa shape index (κ3) is 3.90. The van der Waals surface area contributed by atoms with Gasteiger partial charge in [-0.25, -0.2) is 16.8 Å². The van der Waals surface area contributed by atoms with Crippen molar-refractivity contribution in [3.8, 4) is 0 Å². The minimum atomic E-state index is -3.13. The Labute approximate surface area is 118 Å². The lowest BCUT2D eigenvalue weighted by molar-refractivity contribution is 0.467. The van der Waals surface area contributed by atoms with Crippen molar-refractivity contribution in [2.75, 3.05) is 17.3 Å². The molecule has 108 valence electrons. The van der Waals surface area contributed by atoms with Gasteiger partial charge in [0.25, 0.3) is 0 Å². The first-order chi connectivity index (χ1) is 8.59. The molecule has 0 spiro atoms. The Morgan fingerprint density at radius 1 is 1.37 bits per heavy atom. The van der Waals surface area contributed by atoms with Gasteiger partial charge in [0.05, 0.1) is 28.8 Å². The summed E-state index contributed by atoms with van der Waals surface area (Å²) in [6.07, 6.45) is 2.03. The number of nitrogens with one attached hydrogen (secondary N) is 2. The first kappa shape index (κ1) is 14.7. The Morgan fingerprint density at radius 3 is 2.53 bits per heavy atom. The van der Waals surface area contributed by atoms with Gasteiger partial charge in [-0.1, -0.05) is 0 Å². The van der Waals surface area contributed by atoms with Crippen LogP contribution in [0.1, 0.15) is 13.3 Å². The van der Waals surface area contributed by atoms with Gasteiger partial charge in [-0.3, -0.25) is 0 Å². The molecule has 9 heteroatoms. The predicted octanol–water partition coefficient (Wildman–Crippen LogP) is -0.662. The fourth-order valence-electron chi connectivity index (χ4n) is 2.25. The smallest absolute Gasteiger partial charge is 0.173 e. The summed E-state index contributed by atoms with van der Waals surface area (Å²) >= 11 is 5.10. The molecule has 2 N–H and O–H groups in total. The maximum absolute atomic E-state index is 11.5. The minimum Gasteiger partial charge on any atom is -0.357 e. The van der Waals surface area contributed by atoms with E-state index in [0.29, 0.717) is 6.42 Å². The Bertz CT molecular complexity index is 623. The lowest BCUT2D eigenvalue weighted by atomic mass is 10.0. The average Bonchev–Trinajstić information content (AvgIpc) is 2.66. The van der Waals surface area contributed by atoms with Crippen LogP contribution in [0.2, 0.25) is 0 Å². The van der Waals surface area contributed by atoms with Gasteiger partial charge in [0.2, 0.25) is 0 Å². The molecule has 2 heterocycles. The summed E-state index contributed by atoms with van der Waals surface area (Å²) in [4.78, 5) is 0. The zero-order chi connectivity index (χ0) is 14.3. The summed E-state index contributed by atoms with van der Waals surface area (Å²) in [5.41, 5.74) is -0.579. The first-order valence-corrected chi connectivity index (χ1v) is 9.74. The SMILES string of the molecule is C[C@]1(NC(=S)N[C@H]2C=CS(=O)(=O)C2)CCS(=O)(=O)C1. The van der Waals surface area contributed by atoms with Crippen molar-refractivity contribution in [1.82, 2.24) is 10.6 Å². The summed E-state index contributed by atoms with van der Waals surface area (Å²) in [5.74, 6) is 0.168. The summed E-state index contributed by atoms with van der Waals surface area (Å²) in [5, 5.41) is 7.30. The number of sulfone groups is 2. The van der Waals surface area contributed by atoms with E-state index in [0.717, 1.165) is 5.41 Å². The summed E-state index contributed by atoms with van der Waals surface area (Å²) in [6, 6.07) is -0.355. The second kappa shape index (κ2) is 4.71.